The van der Waals surface area contributed by atoms with Crippen LogP contribution < -0.4 is 0 Å². The summed E-state index contributed by atoms with van der Waals surface area (Å²) in [6.45, 7) is 11.8. The van der Waals surface area contributed by atoms with Gasteiger partial charge in [0.05, 0.1) is 18.6 Å². The Morgan fingerprint density at radius 1 is 0.844 bits per heavy atom. The molecule has 0 aromatic heterocycles. The van der Waals surface area contributed by atoms with E-state index in [1.54, 1.807) is 24.3 Å². The monoisotopic (exact) mass is 448 g/mol. The van der Waals surface area contributed by atoms with E-state index >= 15 is 0 Å². The van der Waals surface area contributed by atoms with Crippen LogP contribution in [0.2, 0.25) is 0 Å². The first-order valence-electron chi connectivity index (χ1n) is 11.1. The van der Waals surface area contributed by atoms with E-state index in [0.29, 0.717) is 12.3 Å². The number of carbonyl (C=O) groups excluding carboxylic acids is 1. The Labute approximate surface area is 191 Å². The van der Waals surface area contributed by atoms with Crippen LogP contribution in [-0.4, -0.2) is 23.8 Å². The van der Waals surface area contributed by atoms with Crippen LogP contribution in [0.15, 0.2) is 48.5 Å². The largest absolute Gasteiger partial charge is 0.469 e. The first-order chi connectivity index (χ1) is 14.8. The molecule has 0 aliphatic carbocycles. The van der Waals surface area contributed by atoms with Crippen LogP contribution in [0.3, 0.4) is 0 Å². The lowest BCUT2D eigenvalue weighted by Crippen LogP contribution is -2.36. The van der Waals surface area contributed by atoms with Gasteiger partial charge in [-0.05, 0) is 79.8 Å². The van der Waals surface area contributed by atoms with Gasteiger partial charge in [0.1, 0.15) is 11.6 Å². The van der Waals surface area contributed by atoms with Gasteiger partial charge in [0.2, 0.25) is 0 Å². The molecule has 0 heterocycles. The number of benzene rings is 2. The number of rotatable bonds is 8. The number of aliphatic hydroxyl groups is 1. The van der Waals surface area contributed by atoms with Crippen LogP contribution >= 0.6 is 0 Å². The molecule has 0 saturated carbocycles. The summed E-state index contributed by atoms with van der Waals surface area (Å²) in [6.07, 6.45) is 1.37. The molecule has 0 unspecified atom stereocenters. The van der Waals surface area contributed by atoms with Crippen molar-refractivity contribution in [2.45, 2.75) is 60.0 Å². The number of hydrogen-bond donors (Lipinski definition) is 1. The standard InChI is InChI=1S/C14H21FO.C13H17FO2/c1-10(2)13(14(3,4)16)9-11-5-7-12(15)8-6-11;1-9(2)12(13(15)16-3)8-10-4-6-11(14)7-5-10/h5-8,10,13,16H,9H2,1-4H3;4-7,9,12H,8H2,1-3H3/t13-;12-/m00/s1. The average molecular weight is 449 g/mol. The maximum atomic E-state index is 12.8. The molecule has 0 aliphatic heterocycles. The third kappa shape index (κ3) is 9.47. The summed E-state index contributed by atoms with van der Waals surface area (Å²) in [5.74, 6) is -0.0775. The molecule has 0 aliphatic rings. The van der Waals surface area contributed by atoms with Crippen LogP contribution in [0.25, 0.3) is 0 Å². The maximum absolute atomic E-state index is 12.8. The molecule has 2 rings (SSSR count). The Bertz CT molecular complexity index is 806. The quantitative estimate of drug-likeness (QED) is 0.487. The fourth-order valence-corrected chi connectivity index (χ4v) is 3.79. The van der Waals surface area contributed by atoms with Crippen molar-refractivity contribution < 1.29 is 23.4 Å². The Morgan fingerprint density at radius 3 is 1.56 bits per heavy atom. The van der Waals surface area contributed by atoms with Crippen molar-refractivity contribution in [2.75, 3.05) is 7.11 Å². The maximum Gasteiger partial charge on any atom is 0.309 e. The molecule has 32 heavy (non-hydrogen) atoms. The second-order valence-corrected chi connectivity index (χ2v) is 9.54. The van der Waals surface area contributed by atoms with E-state index in [2.05, 4.69) is 13.8 Å². The zero-order chi connectivity index (χ0) is 24.5. The number of esters is 1. The highest BCUT2D eigenvalue weighted by molar-refractivity contribution is 5.72. The predicted octanol–water partition coefficient (Wildman–Crippen LogP) is 6.22. The number of hydrogen-bond acceptors (Lipinski definition) is 3. The van der Waals surface area contributed by atoms with Crippen molar-refractivity contribution in [3.05, 3.63) is 71.3 Å². The van der Waals surface area contributed by atoms with Crippen molar-refractivity contribution in [1.29, 1.82) is 0 Å². The van der Waals surface area contributed by atoms with Crippen molar-refractivity contribution >= 4 is 5.97 Å². The van der Waals surface area contributed by atoms with E-state index in [1.807, 2.05) is 27.7 Å². The molecule has 3 nitrogen and oxygen atoms in total. The second kappa shape index (κ2) is 12.7. The number of ether oxygens (including phenoxy) is 1. The Morgan fingerprint density at radius 2 is 1.25 bits per heavy atom. The highest BCUT2D eigenvalue weighted by Crippen LogP contribution is 2.28. The number of carbonyl (C=O) groups is 1. The van der Waals surface area contributed by atoms with Crippen molar-refractivity contribution in [2.24, 2.45) is 23.7 Å². The molecule has 2 atom stereocenters. The van der Waals surface area contributed by atoms with E-state index in [4.69, 9.17) is 4.74 Å². The Kier molecular flexibility index (Phi) is 11.0. The van der Waals surface area contributed by atoms with Crippen LogP contribution in [0.1, 0.15) is 52.7 Å². The fraction of sp³-hybridized carbons (Fsp3) is 0.519. The van der Waals surface area contributed by atoms with E-state index in [1.165, 1.54) is 31.4 Å². The van der Waals surface area contributed by atoms with E-state index in [0.717, 1.165) is 17.5 Å². The van der Waals surface area contributed by atoms with Gasteiger partial charge in [-0.2, -0.15) is 0 Å². The first kappa shape index (κ1) is 27.8. The summed E-state index contributed by atoms with van der Waals surface area (Å²) in [5.41, 5.74) is 1.32. The summed E-state index contributed by atoms with van der Waals surface area (Å²) >= 11 is 0. The van der Waals surface area contributed by atoms with Crippen molar-refractivity contribution in [3.63, 3.8) is 0 Å². The molecule has 5 heteroatoms. The van der Waals surface area contributed by atoms with E-state index < -0.39 is 5.60 Å². The van der Waals surface area contributed by atoms with Gasteiger partial charge in [0, 0.05) is 0 Å². The lowest BCUT2D eigenvalue weighted by molar-refractivity contribution is -0.146. The molecule has 0 fully saturated rings. The van der Waals surface area contributed by atoms with Crippen molar-refractivity contribution in [3.8, 4) is 0 Å². The van der Waals surface area contributed by atoms with E-state index in [9.17, 15) is 18.7 Å². The molecule has 0 radical (unpaired) electrons. The van der Waals surface area contributed by atoms with Gasteiger partial charge < -0.3 is 9.84 Å². The lowest BCUT2D eigenvalue weighted by atomic mass is 9.78. The summed E-state index contributed by atoms with van der Waals surface area (Å²) < 4.78 is 30.2. The predicted molar refractivity (Wildman–Crippen MR) is 125 cm³/mol. The van der Waals surface area contributed by atoms with E-state index in [-0.39, 0.29) is 35.4 Å². The zero-order valence-corrected chi connectivity index (χ0v) is 20.4. The Balaban J connectivity index is 0.000000320. The third-order valence-corrected chi connectivity index (χ3v) is 5.76. The minimum atomic E-state index is -0.706. The molecule has 2 aromatic rings. The molecule has 0 amide bonds. The van der Waals surface area contributed by atoms with Gasteiger partial charge in [-0.3, -0.25) is 4.79 Å². The molecule has 0 spiro atoms. The normalized spacial score (nSPS) is 13.4. The topological polar surface area (TPSA) is 46.5 Å². The molecule has 1 N–H and O–H groups in total. The van der Waals surface area contributed by atoms with Crippen LogP contribution in [0.5, 0.6) is 0 Å². The first-order valence-corrected chi connectivity index (χ1v) is 11.1. The Hall–Kier alpha value is -2.27. The molecule has 0 bridgehead atoms. The highest BCUT2D eigenvalue weighted by Gasteiger charge is 2.29. The highest BCUT2D eigenvalue weighted by atomic mass is 19.1. The number of methoxy groups -OCH3 is 1. The van der Waals surface area contributed by atoms with Crippen LogP contribution in [-0.2, 0) is 22.4 Å². The van der Waals surface area contributed by atoms with Gasteiger partial charge in [-0.15, -0.1) is 0 Å². The van der Waals surface area contributed by atoms with Crippen LogP contribution in [0.4, 0.5) is 8.78 Å². The minimum Gasteiger partial charge on any atom is -0.469 e. The third-order valence-electron chi connectivity index (χ3n) is 5.76. The SMILES string of the molecule is CC(C)[C@H](Cc1ccc(F)cc1)C(C)(C)O.COC(=O)[C@@H](Cc1ccc(F)cc1)C(C)C. The van der Waals surface area contributed by atoms with Gasteiger partial charge in [0.15, 0.2) is 0 Å². The smallest absolute Gasteiger partial charge is 0.309 e. The zero-order valence-electron chi connectivity index (χ0n) is 20.4. The van der Waals surface area contributed by atoms with Gasteiger partial charge in [0.25, 0.3) is 0 Å². The second-order valence-electron chi connectivity index (χ2n) is 9.54. The molecular weight excluding hydrogens is 410 g/mol. The molecule has 178 valence electrons. The van der Waals surface area contributed by atoms with Gasteiger partial charge in [-0.25, -0.2) is 8.78 Å². The average Bonchev–Trinajstić information content (AvgIpc) is 2.71. The molecule has 0 saturated heterocycles. The van der Waals surface area contributed by atoms with Crippen molar-refractivity contribution in [1.82, 2.24) is 0 Å². The summed E-state index contributed by atoms with van der Waals surface area (Å²) in [7, 11) is 1.39. The fourth-order valence-electron chi connectivity index (χ4n) is 3.79. The number of halogens is 2. The summed E-state index contributed by atoms with van der Waals surface area (Å²) in [6, 6.07) is 12.7. The van der Waals surface area contributed by atoms with Crippen LogP contribution in [0, 0.1) is 35.3 Å². The van der Waals surface area contributed by atoms with Gasteiger partial charge >= 0.3 is 5.97 Å². The molecule has 2 aromatic carbocycles. The summed E-state index contributed by atoms with van der Waals surface area (Å²) in [4.78, 5) is 11.5. The minimum absolute atomic E-state index is 0.171. The van der Waals surface area contributed by atoms with Gasteiger partial charge in [-0.1, -0.05) is 52.0 Å². The summed E-state index contributed by atoms with van der Waals surface area (Å²) in [5, 5.41) is 10.1. The lowest BCUT2D eigenvalue weighted by Gasteiger charge is -2.32. The molecular formula is C27H38F2O3.